The third-order valence-electron chi connectivity index (χ3n) is 8.07. The van der Waals surface area contributed by atoms with Gasteiger partial charge in [0.05, 0.1) is 11.7 Å². The van der Waals surface area contributed by atoms with E-state index in [1.165, 1.54) is 0 Å². The lowest BCUT2D eigenvalue weighted by atomic mass is 9.93. The van der Waals surface area contributed by atoms with Crippen LogP contribution in [0.1, 0.15) is 33.1 Å². The van der Waals surface area contributed by atoms with E-state index in [9.17, 15) is 14.4 Å². The lowest BCUT2D eigenvalue weighted by molar-refractivity contribution is -0.129. The Kier molecular flexibility index (Phi) is 6.51. The zero-order valence-corrected chi connectivity index (χ0v) is 23.5. The molecule has 8 nitrogen and oxygen atoms in total. The summed E-state index contributed by atoms with van der Waals surface area (Å²) in [6.45, 7) is 1.85. The highest BCUT2D eigenvalue weighted by atomic mass is 16.2. The van der Waals surface area contributed by atoms with E-state index < -0.39 is 11.9 Å². The van der Waals surface area contributed by atoms with Gasteiger partial charge in [-0.15, -0.1) is 0 Å². The van der Waals surface area contributed by atoms with Gasteiger partial charge in [0.2, 0.25) is 0 Å². The van der Waals surface area contributed by atoms with E-state index >= 15 is 0 Å². The van der Waals surface area contributed by atoms with Crippen LogP contribution in [0.25, 0.3) is 33.1 Å². The molecule has 1 atom stereocenters. The third kappa shape index (κ3) is 4.72. The van der Waals surface area contributed by atoms with E-state index in [1.807, 2.05) is 90.5 Å². The summed E-state index contributed by atoms with van der Waals surface area (Å²) in [5, 5.41) is 2.00. The summed E-state index contributed by atoms with van der Waals surface area (Å²) in [7, 11) is 0. The zero-order valence-electron chi connectivity index (χ0n) is 23.5. The fourth-order valence-corrected chi connectivity index (χ4v) is 6.05. The summed E-state index contributed by atoms with van der Waals surface area (Å²) >= 11 is 0. The van der Waals surface area contributed by atoms with Crippen LogP contribution in [0.15, 0.2) is 109 Å². The second-order valence-electron chi connectivity index (χ2n) is 10.8. The Labute approximate surface area is 247 Å². The second-order valence-corrected chi connectivity index (χ2v) is 10.8. The topological polar surface area (TPSA) is 99.2 Å². The number of nitrogens with one attached hydrogen (secondary N) is 3. The van der Waals surface area contributed by atoms with Gasteiger partial charge >= 0.3 is 0 Å². The summed E-state index contributed by atoms with van der Waals surface area (Å²) in [4.78, 5) is 44.9. The predicted octanol–water partition coefficient (Wildman–Crippen LogP) is 5.49. The van der Waals surface area contributed by atoms with Crippen LogP contribution in [0.5, 0.6) is 0 Å². The van der Waals surface area contributed by atoms with E-state index in [-0.39, 0.29) is 24.9 Å². The van der Waals surface area contributed by atoms with Crippen LogP contribution < -0.4 is 10.9 Å². The number of hydrazine groups is 1. The maximum absolute atomic E-state index is 13.8. The maximum Gasteiger partial charge on any atom is 0.258 e. The fourth-order valence-electron chi connectivity index (χ4n) is 6.05. The van der Waals surface area contributed by atoms with Crippen molar-refractivity contribution >= 4 is 39.5 Å². The van der Waals surface area contributed by atoms with Crippen molar-refractivity contribution in [2.75, 3.05) is 6.54 Å². The average Bonchev–Trinajstić information content (AvgIpc) is 3.69. The molecule has 0 radical (unpaired) electrons. The van der Waals surface area contributed by atoms with E-state index in [0.29, 0.717) is 5.56 Å². The van der Waals surface area contributed by atoms with Gasteiger partial charge in [-0.05, 0) is 47.7 Å². The predicted molar refractivity (Wildman–Crippen MR) is 166 cm³/mol. The van der Waals surface area contributed by atoms with Gasteiger partial charge in [-0.3, -0.25) is 25.2 Å². The molecule has 0 saturated heterocycles. The van der Waals surface area contributed by atoms with Crippen LogP contribution in [-0.2, 0) is 16.1 Å². The molecule has 1 aliphatic heterocycles. The summed E-state index contributed by atoms with van der Waals surface area (Å²) in [6, 6.07) is 32.9. The zero-order chi connectivity index (χ0) is 29.5. The van der Waals surface area contributed by atoms with Crippen molar-refractivity contribution in [2.24, 2.45) is 0 Å². The number of aryl methyl sites for hydroxylation is 1. The molecule has 212 valence electrons. The van der Waals surface area contributed by atoms with Crippen LogP contribution in [0.2, 0.25) is 0 Å². The van der Waals surface area contributed by atoms with Crippen LogP contribution in [0.3, 0.4) is 0 Å². The van der Waals surface area contributed by atoms with Crippen molar-refractivity contribution in [3.8, 4) is 11.3 Å². The van der Waals surface area contributed by atoms with Gasteiger partial charge in [0.1, 0.15) is 13.1 Å². The van der Waals surface area contributed by atoms with Crippen LogP contribution in [0.4, 0.5) is 0 Å². The highest BCUT2D eigenvalue weighted by Gasteiger charge is 2.41. The molecule has 3 amide bonds. The molecule has 7 rings (SSSR count). The number of aromatic nitrogens is 2. The van der Waals surface area contributed by atoms with Crippen molar-refractivity contribution in [1.82, 2.24) is 25.3 Å². The first-order valence-corrected chi connectivity index (χ1v) is 14.2. The first-order valence-electron chi connectivity index (χ1n) is 14.2. The molecule has 0 bridgehead atoms. The Bertz CT molecular complexity index is 2020. The van der Waals surface area contributed by atoms with Crippen LogP contribution in [0, 0.1) is 6.92 Å². The van der Waals surface area contributed by atoms with E-state index in [1.54, 1.807) is 11.0 Å². The Hall–Kier alpha value is -5.63. The Balaban J connectivity index is 1.18. The molecule has 3 heterocycles. The van der Waals surface area contributed by atoms with Gasteiger partial charge in [0.15, 0.2) is 0 Å². The van der Waals surface area contributed by atoms with Crippen molar-refractivity contribution in [3.63, 3.8) is 0 Å². The molecule has 4 aromatic carbocycles. The van der Waals surface area contributed by atoms with Crippen molar-refractivity contribution in [2.45, 2.75) is 19.5 Å². The van der Waals surface area contributed by atoms with Crippen molar-refractivity contribution in [1.29, 1.82) is 0 Å². The van der Waals surface area contributed by atoms with Gasteiger partial charge in [-0.2, -0.15) is 0 Å². The van der Waals surface area contributed by atoms with Gasteiger partial charge in [-0.25, -0.2) is 0 Å². The number of carbonyl (C=O) groups excluding carboxylic acids is 3. The molecule has 1 aliphatic rings. The van der Waals surface area contributed by atoms with Gasteiger partial charge in [-0.1, -0.05) is 84.4 Å². The van der Waals surface area contributed by atoms with Crippen LogP contribution >= 0.6 is 0 Å². The number of carbonyl (C=O) groups is 3. The molecule has 6 aromatic rings. The first kappa shape index (κ1) is 26.3. The lowest BCUT2D eigenvalue weighted by Crippen LogP contribution is -2.48. The maximum atomic E-state index is 13.8. The third-order valence-corrected chi connectivity index (χ3v) is 8.07. The molecule has 0 spiro atoms. The number of rotatable bonds is 6. The molecule has 0 saturated carbocycles. The summed E-state index contributed by atoms with van der Waals surface area (Å²) in [5.74, 6) is -1.10. The normalized spacial score (nSPS) is 14.3. The van der Waals surface area contributed by atoms with E-state index in [4.69, 9.17) is 0 Å². The second kappa shape index (κ2) is 10.6. The number of amides is 3. The van der Waals surface area contributed by atoms with Crippen LogP contribution in [-0.4, -0.2) is 38.7 Å². The number of para-hydroxylation sites is 2. The number of hydrogen-bond acceptors (Lipinski definition) is 3. The summed E-state index contributed by atoms with van der Waals surface area (Å²) < 4.78 is 1.82. The molecular weight excluding hydrogens is 538 g/mol. The standard InChI is InChI=1S/C35H29N5O3/c1-22-14-16-24(17-15-22)33-32(27-11-5-6-12-28(27)36-33)34-25-9-3-4-10-26(25)35(43)40(34)21-31(42)38-37-30(41)20-39-19-18-23-8-2-7-13-29(23)39/h2-19,34,36H,20-21H2,1H3,(H,37,41)(H,38,42). The minimum Gasteiger partial charge on any atom is -0.354 e. The Morgan fingerprint density at radius 1 is 0.791 bits per heavy atom. The number of benzene rings is 4. The van der Waals surface area contributed by atoms with E-state index in [2.05, 4.69) is 40.1 Å². The average molecular weight is 568 g/mol. The SMILES string of the molecule is Cc1ccc(-c2[nH]c3ccccc3c2C2c3ccccc3C(=O)N2CC(=O)NNC(=O)Cn2ccc3ccccc32)cc1. The van der Waals surface area contributed by atoms with Gasteiger partial charge < -0.3 is 14.5 Å². The minimum atomic E-state index is -0.510. The Morgan fingerprint density at radius 3 is 2.33 bits per heavy atom. The lowest BCUT2D eigenvalue weighted by Gasteiger charge is -2.26. The monoisotopic (exact) mass is 567 g/mol. The molecule has 0 fully saturated rings. The summed E-state index contributed by atoms with van der Waals surface area (Å²) in [5.41, 5.74) is 12.3. The van der Waals surface area contributed by atoms with Gasteiger partial charge in [0, 0.05) is 33.7 Å². The number of hydrogen-bond donors (Lipinski definition) is 3. The van der Waals surface area contributed by atoms with Gasteiger partial charge in [0.25, 0.3) is 17.7 Å². The number of fused-ring (bicyclic) bond motifs is 3. The quantitative estimate of drug-likeness (QED) is 0.232. The number of aromatic amines is 1. The molecule has 8 heteroatoms. The number of nitrogens with zero attached hydrogens (tertiary/aromatic N) is 2. The largest absolute Gasteiger partial charge is 0.354 e. The minimum absolute atomic E-state index is 0.0414. The molecule has 1 unspecified atom stereocenters. The molecular formula is C35H29N5O3. The molecule has 3 N–H and O–H groups in total. The number of H-pyrrole nitrogens is 1. The highest BCUT2D eigenvalue weighted by Crippen LogP contribution is 2.45. The molecule has 43 heavy (non-hydrogen) atoms. The molecule has 0 aliphatic carbocycles. The van der Waals surface area contributed by atoms with Crippen molar-refractivity contribution in [3.05, 3.63) is 132 Å². The smallest absolute Gasteiger partial charge is 0.258 e. The Morgan fingerprint density at radius 2 is 1.49 bits per heavy atom. The van der Waals surface area contributed by atoms with Crippen molar-refractivity contribution < 1.29 is 14.4 Å². The highest BCUT2D eigenvalue weighted by molar-refractivity contribution is 6.03. The van der Waals surface area contributed by atoms with E-state index in [0.717, 1.165) is 49.8 Å². The first-order chi connectivity index (χ1) is 21.0. The fraction of sp³-hybridized carbons (Fsp3) is 0.114. The summed E-state index contributed by atoms with van der Waals surface area (Å²) in [6.07, 6.45) is 1.84. The molecule has 2 aromatic heterocycles.